The van der Waals surface area contributed by atoms with E-state index < -0.39 is 17.4 Å². The van der Waals surface area contributed by atoms with Gasteiger partial charge in [-0.2, -0.15) is 5.10 Å². The molecule has 1 unspecified atom stereocenters. The van der Waals surface area contributed by atoms with E-state index in [2.05, 4.69) is 5.10 Å². The number of benzene rings is 3. The summed E-state index contributed by atoms with van der Waals surface area (Å²) in [7, 11) is 1.36. The van der Waals surface area contributed by atoms with Gasteiger partial charge in [-0.15, -0.1) is 0 Å². The zero-order valence-electron chi connectivity index (χ0n) is 19.0. The maximum atomic E-state index is 15.2. The van der Waals surface area contributed by atoms with Crippen molar-refractivity contribution < 1.29 is 13.5 Å². The monoisotopic (exact) mass is 461 g/mol. The Morgan fingerprint density at radius 2 is 1.71 bits per heavy atom. The number of nitrogens with two attached hydrogens (primary N) is 1. The van der Waals surface area contributed by atoms with Gasteiger partial charge in [0.1, 0.15) is 5.82 Å². The Morgan fingerprint density at radius 3 is 2.41 bits per heavy atom. The second-order valence-electron chi connectivity index (χ2n) is 8.04. The van der Waals surface area contributed by atoms with Crippen LogP contribution in [0, 0.1) is 18.6 Å². The lowest BCUT2D eigenvalue weighted by atomic mass is 9.97. The highest BCUT2D eigenvalue weighted by Gasteiger charge is 2.22. The van der Waals surface area contributed by atoms with E-state index in [0.29, 0.717) is 16.8 Å². The largest absolute Gasteiger partial charge is 0.494 e. The number of ether oxygens (including phenoxy) is 1. The van der Waals surface area contributed by atoms with Gasteiger partial charge in [-0.05, 0) is 35.7 Å². The third-order valence-corrected chi connectivity index (χ3v) is 5.86. The van der Waals surface area contributed by atoms with E-state index in [0.717, 1.165) is 5.56 Å². The van der Waals surface area contributed by atoms with Crippen molar-refractivity contribution in [2.24, 2.45) is 5.73 Å². The maximum absolute atomic E-state index is 15.2. The number of halogens is 2. The normalized spacial score (nSPS) is 11.9. The van der Waals surface area contributed by atoms with E-state index in [-0.39, 0.29) is 35.7 Å². The SMILES string of the molecule is COc1cccc(-c2c(C)c(Cc3ccccc3F)nn(CC(N)c3ccccc3)c2=O)c1F. The van der Waals surface area contributed by atoms with Gasteiger partial charge in [0.2, 0.25) is 0 Å². The molecule has 0 aliphatic rings. The van der Waals surface area contributed by atoms with E-state index in [1.54, 1.807) is 31.2 Å². The number of aromatic nitrogens is 2. The average molecular weight is 462 g/mol. The van der Waals surface area contributed by atoms with Crippen molar-refractivity contribution in [2.45, 2.75) is 25.9 Å². The summed E-state index contributed by atoms with van der Waals surface area (Å²) >= 11 is 0. The molecule has 0 bridgehead atoms. The maximum Gasteiger partial charge on any atom is 0.275 e. The van der Waals surface area contributed by atoms with Gasteiger partial charge in [0.25, 0.3) is 5.56 Å². The summed E-state index contributed by atoms with van der Waals surface area (Å²) in [5, 5.41) is 4.54. The Morgan fingerprint density at radius 1 is 1.00 bits per heavy atom. The molecule has 0 amide bonds. The fourth-order valence-corrected chi connectivity index (χ4v) is 3.98. The van der Waals surface area contributed by atoms with Crippen LogP contribution in [-0.2, 0) is 13.0 Å². The van der Waals surface area contributed by atoms with Crippen molar-refractivity contribution in [3.8, 4) is 16.9 Å². The minimum atomic E-state index is -0.646. The molecule has 174 valence electrons. The van der Waals surface area contributed by atoms with Crippen LogP contribution in [-0.4, -0.2) is 16.9 Å². The molecule has 0 radical (unpaired) electrons. The number of rotatable bonds is 7. The van der Waals surface area contributed by atoms with Gasteiger partial charge in [-0.3, -0.25) is 4.79 Å². The van der Waals surface area contributed by atoms with Crippen LogP contribution in [0.1, 0.15) is 28.4 Å². The Hall–Kier alpha value is -3.84. The van der Waals surface area contributed by atoms with Gasteiger partial charge < -0.3 is 10.5 Å². The minimum Gasteiger partial charge on any atom is -0.494 e. The van der Waals surface area contributed by atoms with Crippen molar-refractivity contribution in [1.29, 1.82) is 0 Å². The van der Waals surface area contributed by atoms with Gasteiger partial charge in [-0.1, -0.05) is 60.7 Å². The zero-order valence-corrected chi connectivity index (χ0v) is 19.0. The van der Waals surface area contributed by atoms with Crippen LogP contribution < -0.4 is 16.0 Å². The molecule has 0 spiro atoms. The fraction of sp³-hybridized carbons (Fsp3) is 0.185. The van der Waals surface area contributed by atoms with Gasteiger partial charge in [0, 0.05) is 18.0 Å². The molecule has 0 saturated heterocycles. The Balaban J connectivity index is 1.88. The molecule has 4 rings (SSSR count). The van der Waals surface area contributed by atoms with E-state index in [4.69, 9.17) is 10.5 Å². The molecule has 34 heavy (non-hydrogen) atoms. The highest BCUT2D eigenvalue weighted by atomic mass is 19.1. The van der Waals surface area contributed by atoms with E-state index in [1.165, 1.54) is 30.0 Å². The van der Waals surface area contributed by atoms with Crippen LogP contribution in [0.15, 0.2) is 77.6 Å². The molecular formula is C27H25F2N3O2. The van der Waals surface area contributed by atoms with Gasteiger partial charge >= 0.3 is 0 Å². The molecule has 7 heteroatoms. The van der Waals surface area contributed by atoms with Gasteiger partial charge in [-0.25, -0.2) is 13.5 Å². The highest BCUT2D eigenvalue weighted by Crippen LogP contribution is 2.30. The fourth-order valence-electron chi connectivity index (χ4n) is 3.98. The second-order valence-corrected chi connectivity index (χ2v) is 8.04. The zero-order chi connectivity index (χ0) is 24.2. The minimum absolute atomic E-state index is 0.0244. The summed E-state index contributed by atoms with van der Waals surface area (Å²) in [6.45, 7) is 1.77. The lowest BCUT2D eigenvalue weighted by molar-refractivity contribution is 0.387. The summed E-state index contributed by atoms with van der Waals surface area (Å²) in [6, 6.07) is 19.8. The predicted octanol–water partition coefficient (Wildman–Crippen LogP) is 4.80. The van der Waals surface area contributed by atoms with Gasteiger partial charge in [0.05, 0.1) is 24.9 Å². The molecule has 1 heterocycles. The van der Waals surface area contributed by atoms with E-state index in [9.17, 15) is 9.18 Å². The quantitative estimate of drug-likeness (QED) is 0.429. The number of hydrogen-bond donors (Lipinski definition) is 1. The predicted molar refractivity (Wildman–Crippen MR) is 128 cm³/mol. The topological polar surface area (TPSA) is 70.1 Å². The molecule has 5 nitrogen and oxygen atoms in total. The molecule has 0 aliphatic carbocycles. The first-order valence-electron chi connectivity index (χ1n) is 10.9. The first-order valence-corrected chi connectivity index (χ1v) is 10.9. The molecule has 0 saturated carbocycles. The standard InChI is InChI=1S/C27H25F2N3O2/c1-17-23(15-19-11-6-7-13-21(19)28)31-32(16-22(30)18-9-4-3-5-10-18)27(33)25(17)20-12-8-14-24(34-2)26(20)29/h3-14,22H,15-16,30H2,1-2H3. The number of methoxy groups -OCH3 is 1. The van der Waals surface area contributed by atoms with Crippen LogP contribution in [0.2, 0.25) is 0 Å². The van der Waals surface area contributed by atoms with Crippen LogP contribution in [0.4, 0.5) is 8.78 Å². The number of hydrogen-bond acceptors (Lipinski definition) is 4. The van der Waals surface area contributed by atoms with Crippen LogP contribution in [0.5, 0.6) is 5.75 Å². The summed E-state index contributed by atoms with van der Waals surface area (Å²) in [5.74, 6) is -1.000. The summed E-state index contributed by atoms with van der Waals surface area (Å²) in [4.78, 5) is 13.5. The molecule has 1 atom stereocenters. The lowest BCUT2D eigenvalue weighted by Crippen LogP contribution is -2.32. The van der Waals surface area contributed by atoms with Crippen molar-refractivity contribution in [3.05, 3.63) is 117 Å². The Bertz CT molecular complexity index is 1370. The molecule has 1 aromatic heterocycles. The molecule has 0 aliphatic heterocycles. The first-order chi connectivity index (χ1) is 16.4. The number of nitrogens with zero attached hydrogens (tertiary/aromatic N) is 2. The van der Waals surface area contributed by atoms with Gasteiger partial charge in [0.15, 0.2) is 11.6 Å². The smallest absolute Gasteiger partial charge is 0.275 e. The summed E-state index contributed by atoms with van der Waals surface area (Å²) in [5.41, 5.74) is 8.34. The van der Waals surface area contributed by atoms with E-state index >= 15 is 4.39 Å². The van der Waals surface area contributed by atoms with Crippen molar-refractivity contribution in [2.75, 3.05) is 7.11 Å². The summed E-state index contributed by atoms with van der Waals surface area (Å²) < 4.78 is 36.0. The Kier molecular flexibility index (Phi) is 6.84. The van der Waals surface area contributed by atoms with Crippen molar-refractivity contribution in [3.63, 3.8) is 0 Å². The van der Waals surface area contributed by atoms with Crippen LogP contribution in [0.3, 0.4) is 0 Å². The first kappa shape index (κ1) is 23.3. The average Bonchev–Trinajstić information content (AvgIpc) is 2.85. The highest BCUT2D eigenvalue weighted by molar-refractivity contribution is 5.69. The third-order valence-electron chi connectivity index (χ3n) is 5.86. The van der Waals surface area contributed by atoms with Crippen molar-refractivity contribution >= 4 is 0 Å². The second kappa shape index (κ2) is 9.97. The summed E-state index contributed by atoms with van der Waals surface area (Å²) in [6.07, 6.45) is 0.137. The van der Waals surface area contributed by atoms with Crippen LogP contribution >= 0.6 is 0 Å². The van der Waals surface area contributed by atoms with Crippen LogP contribution in [0.25, 0.3) is 11.1 Å². The molecule has 3 aromatic carbocycles. The Labute approximate surface area is 196 Å². The third kappa shape index (κ3) is 4.61. The molecule has 2 N–H and O–H groups in total. The molecule has 0 fully saturated rings. The molecular weight excluding hydrogens is 436 g/mol. The van der Waals surface area contributed by atoms with Crippen molar-refractivity contribution in [1.82, 2.24) is 9.78 Å². The van der Waals surface area contributed by atoms with E-state index in [1.807, 2.05) is 30.3 Å². The lowest BCUT2D eigenvalue weighted by Gasteiger charge is -2.18. The molecule has 4 aromatic rings.